The summed E-state index contributed by atoms with van der Waals surface area (Å²) in [5, 5.41) is 0.595. The summed E-state index contributed by atoms with van der Waals surface area (Å²) < 4.78 is 6.65. The summed E-state index contributed by atoms with van der Waals surface area (Å²) in [6.45, 7) is 3.57. The molecule has 0 spiro atoms. The van der Waals surface area contributed by atoms with Gasteiger partial charge in [0, 0.05) is 31.5 Å². The van der Waals surface area contributed by atoms with Gasteiger partial charge in [-0.3, -0.25) is 24.2 Å². The molecule has 4 rings (SSSR count). The summed E-state index contributed by atoms with van der Waals surface area (Å²) in [6.07, 6.45) is 0.443. The lowest BCUT2D eigenvalue weighted by atomic mass is 10.1. The highest BCUT2D eigenvalue weighted by atomic mass is 35.5. The average Bonchev–Trinajstić information content (AvgIpc) is 3.37. The van der Waals surface area contributed by atoms with Crippen LogP contribution in [0.1, 0.15) is 30.1 Å². The van der Waals surface area contributed by atoms with Gasteiger partial charge in [0.25, 0.3) is 5.91 Å². The second-order valence-corrected chi connectivity index (χ2v) is 8.97. The standard InChI is InChI=1S/C24H26N4O4S.ClH/c1-4-32-18-6-5-7-19-22(18)25-24(33-19)27(15-14-26(2)3)23(31)16-8-10-17(11-9-16)28-20(29)12-13-21(28)30;/h5-11H,4,12-15H2,1-3H3;1H. The predicted octanol–water partition coefficient (Wildman–Crippen LogP) is 3.98. The molecule has 0 saturated carbocycles. The van der Waals surface area contributed by atoms with E-state index >= 15 is 0 Å². The van der Waals surface area contributed by atoms with E-state index in [1.165, 1.54) is 16.2 Å². The number of amides is 3. The molecule has 1 fully saturated rings. The summed E-state index contributed by atoms with van der Waals surface area (Å²) in [6, 6.07) is 12.3. The van der Waals surface area contributed by atoms with Crippen molar-refractivity contribution in [2.45, 2.75) is 19.8 Å². The molecule has 2 heterocycles. The third-order valence-electron chi connectivity index (χ3n) is 5.34. The Morgan fingerprint density at radius 3 is 2.35 bits per heavy atom. The van der Waals surface area contributed by atoms with Gasteiger partial charge in [-0.25, -0.2) is 4.98 Å². The first-order chi connectivity index (χ1) is 15.9. The molecule has 0 N–H and O–H groups in total. The maximum absolute atomic E-state index is 13.5. The molecule has 1 saturated heterocycles. The van der Waals surface area contributed by atoms with Gasteiger partial charge < -0.3 is 9.64 Å². The molecule has 180 valence electrons. The predicted molar refractivity (Wildman–Crippen MR) is 136 cm³/mol. The number of hydrogen-bond acceptors (Lipinski definition) is 7. The number of rotatable bonds is 8. The Hall–Kier alpha value is -3.01. The highest BCUT2D eigenvalue weighted by Crippen LogP contribution is 2.35. The topological polar surface area (TPSA) is 83.0 Å². The van der Waals surface area contributed by atoms with E-state index in [-0.39, 0.29) is 43.0 Å². The Bertz CT molecular complexity index is 1180. The number of aromatic nitrogens is 1. The minimum Gasteiger partial charge on any atom is -0.492 e. The van der Waals surface area contributed by atoms with E-state index in [2.05, 4.69) is 0 Å². The van der Waals surface area contributed by atoms with E-state index < -0.39 is 0 Å². The van der Waals surface area contributed by atoms with Gasteiger partial charge in [-0.2, -0.15) is 0 Å². The van der Waals surface area contributed by atoms with E-state index in [9.17, 15) is 14.4 Å². The zero-order valence-corrected chi connectivity index (χ0v) is 20.9. The third-order valence-corrected chi connectivity index (χ3v) is 6.38. The summed E-state index contributed by atoms with van der Waals surface area (Å²) in [4.78, 5) is 47.1. The summed E-state index contributed by atoms with van der Waals surface area (Å²) >= 11 is 1.44. The van der Waals surface area contributed by atoms with Crippen LogP contribution in [0, 0.1) is 0 Å². The lowest BCUT2D eigenvalue weighted by Crippen LogP contribution is -2.36. The number of fused-ring (bicyclic) bond motifs is 1. The molecule has 0 radical (unpaired) electrons. The normalized spacial score (nSPS) is 13.5. The molecule has 34 heavy (non-hydrogen) atoms. The van der Waals surface area contributed by atoms with Crippen LogP contribution in [0.2, 0.25) is 0 Å². The van der Waals surface area contributed by atoms with Gasteiger partial charge in [-0.05, 0) is 57.4 Å². The van der Waals surface area contributed by atoms with E-state index in [1.54, 1.807) is 29.2 Å². The number of hydrogen-bond donors (Lipinski definition) is 0. The summed E-state index contributed by atoms with van der Waals surface area (Å²) in [5.41, 5.74) is 1.68. The van der Waals surface area contributed by atoms with Crippen molar-refractivity contribution >= 4 is 62.5 Å². The molecule has 0 bridgehead atoms. The molecule has 3 aromatic rings. The Labute approximate surface area is 208 Å². The lowest BCUT2D eigenvalue weighted by Gasteiger charge is -2.22. The highest BCUT2D eigenvalue weighted by molar-refractivity contribution is 7.22. The van der Waals surface area contributed by atoms with Crippen molar-refractivity contribution in [1.29, 1.82) is 0 Å². The number of benzene rings is 2. The molecule has 0 atom stereocenters. The average molecular weight is 503 g/mol. The Balaban J connectivity index is 0.00000324. The van der Waals surface area contributed by atoms with Crippen molar-refractivity contribution in [2.24, 2.45) is 0 Å². The fraction of sp³-hybridized carbons (Fsp3) is 0.333. The van der Waals surface area contributed by atoms with Gasteiger partial charge in [0.1, 0.15) is 11.3 Å². The monoisotopic (exact) mass is 502 g/mol. The summed E-state index contributed by atoms with van der Waals surface area (Å²) in [5.74, 6) is 0.0684. The number of carbonyl (C=O) groups is 3. The number of carbonyl (C=O) groups excluding carboxylic acids is 3. The Kier molecular flexibility index (Phi) is 8.24. The Morgan fingerprint density at radius 2 is 1.74 bits per heavy atom. The second-order valence-electron chi connectivity index (χ2n) is 7.96. The first kappa shape index (κ1) is 25.6. The molecular weight excluding hydrogens is 476 g/mol. The third kappa shape index (κ3) is 5.22. The number of likely N-dealkylation sites (N-methyl/N-ethyl adjacent to an activating group) is 1. The molecule has 1 aliphatic rings. The molecular formula is C24H27ClN4O4S. The first-order valence-corrected chi connectivity index (χ1v) is 11.7. The minimum absolute atomic E-state index is 0. The van der Waals surface area contributed by atoms with Crippen LogP contribution < -0.4 is 14.5 Å². The van der Waals surface area contributed by atoms with E-state index in [0.29, 0.717) is 41.8 Å². The van der Waals surface area contributed by atoms with Crippen LogP contribution in [0.4, 0.5) is 10.8 Å². The van der Waals surface area contributed by atoms with Crippen LogP contribution >= 0.6 is 23.7 Å². The van der Waals surface area contributed by atoms with Crippen molar-refractivity contribution in [1.82, 2.24) is 9.88 Å². The van der Waals surface area contributed by atoms with Crippen molar-refractivity contribution in [3.05, 3.63) is 48.0 Å². The fourth-order valence-corrected chi connectivity index (χ4v) is 4.66. The quantitative estimate of drug-likeness (QED) is 0.433. The van der Waals surface area contributed by atoms with Gasteiger partial charge >= 0.3 is 0 Å². The smallest absolute Gasteiger partial charge is 0.260 e. The summed E-state index contributed by atoms with van der Waals surface area (Å²) in [7, 11) is 3.90. The lowest BCUT2D eigenvalue weighted by molar-refractivity contribution is -0.121. The largest absolute Gasteiger partial charge is 0.492 e. The number of thiazole rings is 1. The van der Waals surface area contributed by atoms with Crippen molar-refractivity contribution in [2.75, 3.05) is 43.6 Å². The fourth-order valence-electron chi connectivity index (χ4n) is 3.66. The molecule has 1 aromatic heterocycles. The van der Waals surface area contributed by atoms with Gasteiger partial charge in [-0.15, -0.1) is 12.4 Å². The zero-order valence-electron chi connectivity index (χ0n) is 19.3. The number of nitrogens with zero attached hydrogens (tertiary/aromatic N) is 4. The minimum atomic E-state index is -0.216. The molecule has 8 nitrogen and oxygen atoms in total. The highest BCUT2D eigenvalue weighted by Gasteiger charge is 2.30. The van der Waals surface area contributed by atoms with Gasteiger partial charge in [0.05, 0.1) is 17.0 Å². The van der Waals surface area contributed by atoms with Crippen molar-refractivity contribution < 1.29 is 19.1 Å². The van der Waals surface area contributed by atoms with Crippen molar-refractivity contribution in [3.8, 4) is 5.75 Å². The zero-order chi connectivity index (χ0) is 23.5. The van der Waals surface area contributed by atoms with Crippen molar-refractivity contribution in [3.63, 3.8) is 0 Å². The molecule has 0 unspecified atom stereocenters. The number of ether oxygens (including phenoxy) is 1. The maximum atomic E-state index is 13.5. The molecule has 0 aliphatic carbocycles. The number of para-hydroxylation sites is 1. The maximum Gasteiger partial charge on any atom is 0.260 e. The van der Waals surface area contributed by atoms with Crippen LogP contribution in [0.5, 0.6) is 5.75 Å². The molecule has 2 aromatic carbocycles. The number of halogens is 1. The van der Waals surface area contributed by atoms with E-state index in [4.69, 9.17) is 9.72 Å². The van der Waals surface area contributed by atoms with Crippen LogP contribution in [0.3, 0.4) is 0 Å². The van der Waals surface area contributed by atoms with Crippen LogP contribution in [-0.2, 0) is 9.59 Å². The first-order valence-electron chi connectivity index (χ1n) is 10.8. The van der Waals surface area contributed by atoms with Crippen LogP contribution in [0.25, 0.3) is 10.2 Å². The van der Waals surface area contributed by atoms with E-state index in [1.807, 2.05) is 44.1 Å². The second kappa shape index (κ2) is 10.9. The number of anilines is 2. The SMILES string of the molecule is CCOc1cccc2sc(N(CCN(C)C)C(=O)c3ccc(N4C(=O)CCC4=O)cc3)nc12.Cl. The molecule has 10 heteroatoms. The Morgan fingerprint density at radius 1 is 1.06 bits per heavy atom. The van der Waals surface area contributed by atoms with Gasteiger partial charge in [-0.1, -0.05) is 17.4 Å². The van der Waals surface area contributed by atoms with Gasteiger partial charge in [0.15, 0.2) is 5.13 Å². The van der Waals surface area contributed by atoms with E-state index in [0.717, 1.165) is 10.2 Å². The molecule has 3 amide bonds. The van der Waals surface area contributed by atoms with Gasteiger partial charge in [0.2, 0.25) is 11.8 Å². The van der Waals surface area contributed by atoms with Crippen LogP contribution in [-0.4, -0.2) is 61.4 Å². The molecule has 1 aliphatic heterocycles. The van der Waals surface area contributed by atoms with Crippen LogP contribution in [0.15, 0.2) is 42.5 Å². The number of imide groups is 1.